The third-order valence-electron chi connectivity index (χ3n) is 6.72. The Bertz CT molecular complexity index is 1020. The fraction of sp³-hybridized carbons (Fsp3) is 0.346. The van der Waals surface area contributed by atoms with Crippen molar-refractivity contribution in [1.29, 1.82) is 0 Å². The van der Waals surface area contributed by atoms with Crippen molar-refractivity contribution in [3.05, 3.63) is 94.8 Å². The maximum atomic E-state index is 13.4. The lowest BCUT2D eigenvalue weighted by Crippen LogP contribution is -2.48. The van der Waals surface area contributed by atoms with E-state index in [1.54, 1.807) is 18.3 Å². The van der Waals surface area contributed by atoms with E-state index in [0.29, 0.717) is 18.8 Å². The molecule has 7 heteroatoms. The predicted octanol–water partition coefficient (Wildman–Crippen LogP) is 5.08. The van der Waals surface area contributed by atoms with E-state index < -0.39 is 0 Å². The Balaban J connectivity index is 0.00000306. The Kier molecular flexibility index (Phi) is 8.84. The van der Waals surface area contributed by atoms with E-state index >= 15 is 0 Å². The van der Waals surface area contributed by atoms with Crippen molar-refractivity contribution in [2.24, 2.45) is 5.73 Å². The van der Waals surface area contributed by atoms with Gasteiger partial charge in [0.25, 0.3) is 5.91 Å². The van der Waals surface area contributed by atoms with Crippen LogP contribution in [0.4, 0.5) is 0 Å². The second-order valence-corrected chi connectivity index (χ2v) is 9.01. The number of carbonyl (C=O) groups is 1. The number of rotatable bonds is 7. The molecule has 1 heterocycles. The number of nitrogens with two attached hydrogens (primary N) is 1. The molecule has 4 rings (SSSR count). The van der Waals surface area contributed by atoms with E-state index in [1.807, 2.05) is 41.3 Å². The first kappa shape index (κ1) is 25.2. The molecule has 2 N–H and O–H groups in total. The summed E-state index contributed by atoms with van der Waals surface area (Å²) in [4.78, 5) is 15.4. The van der Waals surface area contributed by atoms with Crippen LogP contribution in [0.15, 0.2) is 72.9 Å². The first-order valence-electron chi connectivity index (χ1n) is 11.2. The minimum absolute atomic E-state index is 0. The summed E-state index contributed by atoms with van der Waals surface area (Å²) >= 11 is 6.26. The maximum Gasteiger partial charge on any atom is 0.274 e. The summed E-state index contributed by atoms with van der Waals surface area (Å²) in [5.41, 5.74) is 9.00. The Morgan fingerprint density at radius 3 is 2.45 bits per heavy atom. The second-order valence-electron chi connectivity index (χ2n) is 8.57. The van der Waals surface area contributed by atoms with Gasteiger partial charge < -0.3 is 10.6 Å². The Morgan fingerprint density at radius 2 is 1.82 bits per heavy atom. The van der Waals surface area contributed by atoms with Crippen molar-refractivity contribution in [2.75, 3.05) is 13.1 Å². The molecule has 2 aromatic carbocycles. The van der Waals surface area contributed by atoms with Gasteiger partial charge in [-0.1, -0.05) is 54.1 Å². The highest BCUT2D eigenvalue weighted by Crippen LogP contribution is 2.41. The van der Waals surface area contributed by atoms with Crippen LogP contribution in [0.3, 0.4) is 0 Å². The number of nitrogens with zero attached hydrogens (tertiary/aromatic N) is 3. The third kappa shape index (κ3) is 5.91. The van der Waals surface area contributed by atoms with Gasteiger partial charge in [0.1, 0.15) is 0 Å². The highest BCUT2D eigenvalue weighted by molar-refractivity contribution is 6.30. The van der Waals surface area contributed by atoms with Crippen LogP contribution in [-0.4, -0.2) is 40.1 Å². The number of aromatic nitrogens is 2. The van der Waals surface area contributed by atoms with Crippen LogP contribution in [0.1, 0.15) is 47.3 Å². The smallest absolute Gasteiger partial charge is 0.274 e. The summed E-state index contributed by atoms with van der Waals surface area (Å²) < 4.78 is 0. The van der Waals surface area contributed by atoms with Gasteiger partial charge in [-0.25, -0.2) is 0 Å². The summed E-state index contributed by atoms with van der Waals surface area (Å²) in [5, 5.41) is 8.72. The molecule has 1 aliphatic rings. The Morgan fingerprint density at radius 1 is 1.06 bits per heavy atom. The van der Waals surface area contributed by atoms with Crippen LogP contribution in [0.25, 0.3) is 0 Å². The third-order valence-corrected chi connectivity index (χ3v) is 6.95. The summed E-state index contributed by atoms with van der Waals surface area (Å²) in [7, 11) is 0. The van der Waals surface area contributed by atoms with E-state index in [0.717, 1.165) is 37.1 Å². The van der Waals surface area contributed by atoms with Crippen LogP contribution in [0.2, 0.25) is 5.02 Å². The molecule has 0 radical (unpaired) electrons. The van der Waals surface area contributed by atoms with Gasteiger partial charge in [-0.05, 0) is 67.5 Å². The van der Waals surface area contributed by atoms with Gasteiger partial charge in [-0.2, -0.15) is 5.10 Å². The summed E-state index contributed by atoms with van der Waals surface area (Å²) in [6.45, 7) is 1.22. The van der Waals surface area contributed by atoms with Crippen LogP contribution < -0.4 is 5.73 Å². The van der Waals surface area contributed by atoms with Crippen LogP contribution >= 0.6 is 24.0 Å². The zero-order valence-corrected chi connectivity index (χ0v) is 20.1. The average Bonchev–Trinajstić information content (AvgIpc) is 2.85. The molecule has 3 aromatic rings. The lowest BCUT2D eigenvalue weighted by Gasteiger charge is -2.43. The molecule has 0 aliphatic heterocycles. The molecule has 1 fully saturated rings. The fourth-order valence-electron chi connectivity index (χ4n) is 4.80. The molecular formula is C26H30Cl2N4O. The van der Waals surface area contributed by atoms with Gasteiger partial charge in [-0.15, -0.1) is 17.5 Å². The van der Waals surface area contributed by atoms with Crippen molar-refractivity contribution < 1.29 is 4.79 Å². The molecule has 0 bridgehead atoms. The lowest BCUT2D eigenvalue weighted by atomic mass is 9.68. The van der Waals surface area contributed by atoms with Crippen molar-refractivity contribution in [2.45, 2.75) is 43.6 Å². The van der Waals surface area contributed by atoms with E-state index in [2.05, 4.69) is 28.4 Å². The highest BCUT2D eigenvalue weighted by atomic mass is 35.5. The minimum Gasteiger partial charge on any atom is -0.334 e. The molecule has 174 valence electrons. The molecule has 1 aliphatic carbocycles. The number of carbonyl (C=O) groups excluding carboxylic acids is 1. The predicted molar refractivity (Wildman–Crippen MR) is 135 cm³/mol. The molecule has 0 spiro atoms. The van der Waals surface area contributed by atoms with Crippen molar-refractivity contribution in [1.82, 2.24) is 15.1 Å². The maximum absolute atomic E-state index is 13.4. The second kappa shape index (κ2) is 11.6. The monoisotopic (exact) mass is 484 g/mol. The van der Waals surface area contributed by atoms with E-state index in [1.165, 1.54) is 11.1 Å². The number of halogens is 2. The summed E-state index contributed by atoms with van der Waals surface area (Å²) in [6, 6.07) is 22.0. The highest BCUT2D eigenvalue weighted by Gasteiger charge is 2.39. The molecule has 0 atom stereocenters. The summed E-state index contributed by atoms with van der Waals surface area (Å²) in [6.07, 6.45) is 6.02. The van der Waals surface area contributed by atoms with E-state index in [4.69, 9.17) is 17.3 Å². The number of hydrogen-bond acceptors (Lipinski definition) is 4. The first-order valence-corrected chi connectivity index (χ1v) is 11.6. The molecule has 0 unspecified atom stereocenters. The fourth-order valence-corrected chi connectivity index (χ4v) is 4.99. The molecular weight excluding hydrogens is 455 g/mol. The van der Waals surface area contributed by atoms with Crippen molar-refractivity contribution in [3.63, 3.8) is 0 Å². The SMILES string of the molecule is Cl.NC[C@]1(c2cccc(Cl)c2)CC[C@@H](N(CCc2ccccc2)C(=O)c2cccnn2)CC1. The number of amides is 1. The van der Waals surface area contributed by atoms with Gasteiger partial charge in [0, 0.05) is 35.8 Å². The molecule has 5 nitrogen and oxygen atoms in total. The zero-order chi connectivity index (χ0) is 22.4. The summed E-state index contributed by atoms with van der Waals surface area (Å²) in [5.74, 6) is -0.0537. The normalized spacial score (nSPS) is 20.0. The standard InChI is InChI=1S/C26H29ClN4O.ClH/c27-22-9-4-8-21(18-22)26(19-28)14-11-23(12-15-26)31(17-13-20-6-2-1-3-7-20)25(32)24-10-5-16-29-30-24;/h1-10,16,18,23H,11-15,17,19,28H2;1H/t23-,26+;. The topological polar surface area (TPSA) is 72.1 Å². The van der Waals surface area contributed by atoms with Crippen molar-refractivity contribution >= 4 is 29.9 Å². The quantitative estimate of drug-likeness (QED) is 0.507. The first-order chi connectivity index (χ1) is 15.6. The van der Waals surface area contributed by atoms with Crippen LogP contribution in [-0.2, 0) is 11.8 Å². The van der Waals surface area contributed by atoms with E-state index in [-0.39, 0.29) is 29.8 Å². The Hall–Kier alpha value is -2.47. The molecule has 0 saturated heterocycles. The van der Waals surface area contributed by atoms with Crippen LogP contribution in [0, 0.1) is 0 Å². The molecule has 1 saturated carbocycles. The van der Waals surface area contributed by atoms with Gasteiger partial charge in [0.05, 0.1) is 0 Å². The average molecular weight is 485 g/mol. The number of benzene rings is 2. The minimum atomic E-state index is -0.0951. The van der Waals surface area contributed by atoms with Crippen LogP contribution in [0.5, 0.6) is 0 Å². The largest absolute Gasteiger partial charge is 0.334 e. The van der Waals surface area contributed by atoms with Gasteiger partial charge in [0.2, 0.25) is 0 Å². The lowest BCUT2D eigenvalue weighted by molar-refractivity contribution is 0.0590. The van der Waals surface area contributed by atoms with Crippen molar-refractivity contribution in [3.8, 4) is 0 Å². The van der Waals surface area contributed by atoms with Gasteiger partial charge in [-0.3, -0.25) is 4.79 Å². The Labute approximate surface area is 206 Å². The number of hydrogen-bond donors (Lipinski definition) is 1. The van der Waals surface area contributed by atoms with E-state index in [9.17, 15) is 4.79 Å². The van der Waals surface area contributed by atoms with Gasteiger partial charge >= 0.3 is 0 Å². The molecule has 1 amide bonds. The van der Waals surface area contributed by atoms with Gasteiger partial charge in [0.15, 0.2) is 5.69 Å². The molecule has 33 heavy (non-hydrogen) atoms. The molecule has 1 aromatic heterocycles. The zero-order valence-electron chi connectivity index (χ0n) is 18.6.